The number of amides is 2. The van der Waals surface area contributed by atoms with Gasteiger partial charge >= 0.3 is 6.03 Å². The molecule has 0 bridgehead atoms. The second-order valence-corrected chi connectivity index (χ2v) is 6.26. The van der Waals surface area contributed by atoms with Gasteiger partial charge in [0.2, 0.25) is 0 Å². The van der Waals surface area contributed by atoms with Crippen LogP contribution in [0.5, 0.6) is 0 Å². The monoisotopic (exact) mass is 357 g/mol. The quantitative estimate of drug-likeness (QED) is 0.572. The molecule has 6 heteroatoms. The highest BCUT2D eigenvalue weighted by molar-refractivity contribution is 5.89. The number of hydrogen-bond acceptors (Lipinski definition) is 3. The van der Waals surface area contributed by atoms with Crippen molar-refractivity contribution in [3.05, 3.63) is 84.8 Å². The number of aromatic nitrogens is 3. The van der Waals surface area contributed by atoms with Gasteiger partial charge in [0.15, 0.2) is 0 Å². The summed E-state index contributed by atoms with van der Waals surface area (Å²) < 4.78 is 1.88. The van der Waals surface area contributed by atoms with E-state index in [1.165, 1.54) is 0 Å². The Balaban J connectivity index is 1.44. The minimum absolute atomic E-state index is 0.109. The molecule has 0 aliphatic rings. The first-order valence-electron chi connectivity index (χ1n) is 8.71. The number of para-hydroxylation sites is 1. The Kier molecular flexibility index (Phi) is 4.53. The van der Waals surface area contributed by atoms with Crippen molar-refractivity contribution >= 4 is 22.6 Å². The lowest BCUT2D eigenvalue weighted by Gasteiger charge is -2.15. The van der Waals surface area contributed by atoms with Crippen molar-refractivity contribution in [2.75, 3.05) is 5.32 Å². The van der Waals surface area contributed by atoms with E-state index in [-0.39, 0.29) is 12.1 Å². The minimum Gasteiger partial charge on any atom is -0.331 e. The van der Waals surface area contributed by atoms with E-state index in [2.05, 4.69) is 20.7 Å². The number of rotatable bonds is 4. The number of nitrogens with zero attached hydrogens (tertiary/aromatic N) is 3. The zero-order valence-corrected chi connectivity index (χ0v) is 14.8. The number of pyridine rings is 1. The van der Waals surface area contributed by atoms with Crippen LogP contribution in [-0.4, -0.2) is 20.8 Å². The highest BCUT2D eigenvalue weighted by Crippen LogP contribution is 2.19. The second kappa shape index (κ2) is 7.29. The predicted molar refractivity (Wildman–Crippen MR) is 106 cm³/mol. The minimum atomic E-state index is -0.253. The molecule has 0 spiro atoms. The van der Waals surface area contributed by atoms with E-state index in [1.807, 2.05) is 78.5 Å². The number of carbonyl (C=O) groups is 1. The van der Waals surface area contributed by atoms with Crippen LogP contribution in [0.15, 0.2) is 79.3 Å². The van der Waals surface area contributed by atoms with Crippen molar-refractivity contribution in [3.63, 3.8) is 0 Å². The molecule has 2 aromatic heterocycles. The summed E-state index contributed by atoms with van der Waals surface area (Å²) in [6.07, 6.45) is 5.27. The molecule has 2 N–H and O–H groups in total. The highest BCUT2D eigenvalue weighted by Gasteiger charge is 2.10. The van der Waals surface area contributed by atoms with Crippen LogP contribution in [0.1, 0.15) is 18.5 Å². The number of hydrogen-bond donors (Lipinski definition) is 2. The molecular weight excluding hydrogens is 338 g/mol. The summed E-state index contributed by atoms with van der Waals surface area (Å²) in [5, 5.41) is 11.3. The summed E-state index contributed by atoms with van der Waals surface area (Å²) in [4.78, 5) is 16.2. The first-order chi connectivity index (χ1) is 13.2. The molecule has 0 saturated carbocycles. The summed E-state index contributed by atoms with van der Waals surface area (Å²) in [5.74, 6) is 0. The molecule has 6 nitrogen and oxygen atoms in total. The number of anilines is 1. The molecule has 1 unspecified atom stereocenters. The third kappa shape index (κ3) is 3.64. The lowest BCUT2D eigenvalue weighted by molar-refractivity contribution is 0.249. The Morgan fingerprint density at radius 3 is 2.52 bits per heavy atom. The van der Waals surface area contributed by atoms with Crippen LogP contribution in [0.3, 0.4) is 0 Å². The van der Waals surface area contributed by atoms with E-state index in [1.54, 1.807) is 12.4 Å². The summed E-state index contributed by atoms with van der Waals surface area (Å²) in [6.45, 7) is 1.93. The van der Waals surface area contributed by atoms with Gasteiger partial charge in [-0.05, 0) is 55.0 Å². The lowest BCUT2D eigenvalue weighted by atomic mass is 10.1. The summed E-state index contributed by atoms with van der Waals surface area (Å²) >= 11 is 0. The molecule has 134 valence electrons. The van der Waals surface area contributed by atoms with Crippen molar-refractivity contribution in [3.8, 4) is 5.69 Å². The van der Waals surface area contributed by atoms with Crippen molar-refractivity contribution in [1.82, 2.24) is 20.1 Å². The first kappa shape index (κ1) is 16.8. The number of nitrogens with one attached hydrogen (secondary N) is 2. The number of urea groups is 1. The molecule has 0 radical (unpaired) electrons. The molecule has 4 rings (SSSR count). The van der Waals surface area contributed by atoms with Crippen LogP contribution < -0.4 is 10.6 Å². The van der Waals surface area contributed by atoms with Crippen molar-refractivity contribution in [2.24, 2.45) is 0 Å². The molecule has 2 amide bonds. The molecule has 2 aromatic carbocycles. The first-order valence-corrected chi connectivity index (χ1v) is 8.71. The third-order valence-corrected chi connectivity index (χ3v) is 4.40. The van der Waals surface area contributed by atoms with Gasteiger partial charge in [0.1, 0.15) is 0 Å². The van der Waals surface area contributed by atoms with Crippen LogP contribution >= 0.6 is 0 Å². The van der Waals surface area contributed by atoms with Gasteiger partial charge < -0.3 is 10.6 Å². The Labute approximate surface area is 156 Å². The standard InChI is InChI=1S/C21H19N5O/c1-15(16-10-12-22-13-11-16)24-21(27)25-18-6-8-19(9-7-18)26-20-5-3-2-4-17(20)14-23-26/h2-15H,1H3,(H2,24,25,27). The van der Waals surface area contributed by atoms with E-state index in [0.29, 0.717) is 0 Å². The highest BCUT2D eigenvalue weighted by atomic mass is 16.2. The number of fused-ring (bicyclic) bond motifs is 1. The average molecular weight is 357 g/mol. The topological polar surface area (TPSA) is 71.8 Å². The van der Waals surface area contributed by atoms with Crippen molar-refractivity contribution < 1.29 is 4.79 Å². The number of carbonyl (C=O) groups excluding carboxylic acids is 1. The molecule has 0 aliphatic carbocycles. The van der Waals surface area contributed by atoms with Crippen LogP contribution in [0.25, 0.3) is 16.6 Å². The predicted octanol–water partition coefficient (Wildman–Crippen LogP) is 4.30. The van der Waals surface area contributed by atoms with Crippen LogP contribution in [0.2, 0.25) is 0 Å². The molecule has 2 heterocycles. The maximum absolute atomic E-state index is 12.2. The summed E-state index contributed by atoms with van der Waals surface area (Å²) in [7, 11) is 0. The fourth-order valence-electron chi connectivity index (χ4n) is 2.96. The largest absolute Gasteiger partial charge is 0.331 e. The summed E-state index contributed by atoms with van der Waals surface area (Å²) in [6, 6.07) is 19.0. The van der Waals surface area contributed by atoms with Gasteiger partial charge in [-0.2, -0.15) is 5.10 Å². The molecule has 27 heavy (non-hydrogen) atoms. The normalized spacial score (nSPS) is 11.9. The Morgan fingerprint density at radius 1 is 1.00 bits per heavy atom. The Bertz CT molecular complexity index is 1060. The molecule has 4 aromatic rings. The fourth-order valence-corrected chi connectivity index (χ4v) is 2.96. The SMILES string of the molecule is CC(NC(=O)Nc1ccc(-n2ncc3ccccc32)cc1)c1ccncc1. The van der Waals surface area contributed by atoms with E-state index in [4.69, 9.17) is 0 Å². The Morgan fingerprint density at radius 2 is 1.74 bits per heavy atom. The van der Waals surface area contributed by atoms with Gasteiger partial charge in [-0.1, -0.05) is 18.2 Å². The van der Waals surface area contributed by atoms with Gasteiger partial charge in [0.25, 0.3) is 0 Å². The average Bonchev–Trinajstić information content (AvgIpc) is 3.13. The number of benzene rings is 2. The third-order valence-electron chi connectivity index (χ3n) is 4.40. The van der Waals surface area contributed by atoms with Gasteiger partial charge in [-0.3, -0.25) is 4.98 Å². The van der Waals surface area contributed by atoms with Crippen LogP contribution in [0, 0.1) is 0 Å². The van der Waals surface area contributed by atoms with Crippen molar-refractivity contribution in [1.29, 1.82) is 0 Å². The van der Waals surface area contributed by atoms with Crippen LogP contribution in [-0.2, 0) is 0 Å². The maximum atomic E-state index is 12.2. The molecule has 0 fully saturated rings. The zero-order chi connectivity index (χ0) is 18.6. The summed E-state index contributed by atoms with van der Waals surface area (Å²) in [5.41, 5.74) is 3.70. The maximum Gasteiger partial charge on any atom is 0.319 e. The Hall–Kier alpha value is -3.67. The smallest absolute Gasteiger partial charge is 0.319 e. The molecule has 0 saturated heterocycles. The molecular formula is C21H19N5O. The zero-order valence-electron chi connectivity index (χ0n) is 14.8. The van der Waals surface area contributed by atoms with E-state index < -0.39 is 0 Å². The van der Waals surface area contributed by atoms with Gasteiger partial charge in [0, 0.05) is 23.5 Å². The van der Waals surface area contributed by atoms with Gasteiger partial charge in [-0.25, -0.2) is 9.48 Å². The molecule has 1 atom stereocenters. The lowest BCUT2D eigenvalue weighted by Crippen LogP contribution is -2.31. The van der Waals surface area contributed by atoms with E-state index >= 15 is 0 Å². The second-order valence-electron chi connectivity index (χ2n) is 6.26. The van der Waals surface area contributed by atoms with Gasteiger partial charge in [0.05, 0.1) is 23.4 Å². The molecule has 0 aliphatic heterocycles. The van der Waals surface area contributed by atoms with E-state index in [0.717, 1.165) is 27.8 Å². The van der Waals surface area contributed by atoms with Gasteiger partial charge in [-0.15, -0.1) is 0 Å². The van der Waals surface area contributed by atoms with E-state index in [9.17, 15) is 4.79 Å². The fraction of sp³-hybridized carbons (Fsp3) is 0.0952. The van der Waals surface area contributed by atoms with Crippen LogP contribution in [0.4, 0.5) is 10.5 Å². The van der Waals surface area contributed by atoms with Crippen molar-refractivity contribution in [2.45, 2.75) is 13.0 Å².